The van der Waals surface area contributed by atoms with E-state index >= 15 is 0 Å². The van der Waals surface area contributed by atoms with Gasteiger partial charge in [0.2, 0.25) is 15.9 Å². The van der Waals surface area contributed by atoms with Crippen LogP contribution in [0.4, 0.5) is 10.1 Å². The molecule has 2 aromatic carbocycles. The number of nitrogens with one attached hydrogen (secondary N) is 2. The van der Waals surface area contributed by atoms with Gasteiger partial charge in [-0.15, -0.1) is 0 Å². The van der Waals surface area contributed by atoms with E-state index in [1.54, 1.807) is 6.07 Å². The van der Waals surface area contributed by atoms with E-state index in [-0.39, 0.29) is 11.4 Å². The van der Waals surface area contributed by atoms with Crippen molar-refractivity contribution in [3.05, 3.63) is 63.9 Å². The highest BCUT2D eigenvalue weighted by Crippen LogP contribution is 2.26. The average molecular weight is 405 g/mol. The highest BCUT2D eigenvalue weighted by atomic mass is 35.5. The maximum atomic E-state index is 13.1. The number of hydrogen-bond donors (Lipinski definition) is 2. The maximum absolute atomic E-state index is 13.1. The Balaban J connectivity index is 2.16. The maximum Gasteiger partial charge on any atom is 0.226 e. The van der Waals surface area contributed by atoms with Gasteiger partial charge >= 0.3 is 0 Å². The molecule has 2 N–H and O–H groups in total. The number of halogens is 3. The Morgan fingerprint density at radius 1 is 1.12 bits per heavy atom. The molecule has 0 aliphatic heterocycles. The molecule has 25 heavy (non-hydrogen) atoms. The van der Waals surface area contributed by atoms with Crippen molar-refractivity contribution in [2.45, 2.75) is 12.5 Å². The van der Waals surface area contributed by atoms with Gasteiger partial charge < -0.3 is 5.32 Å². The summed E-state index contributed by atoms with van der Waals surface area (Å²) in [6.07, 6.45) is 0.805. The SMILES string of the molecule is CS(=O)(=O)NC(CC(=O)Nc1ccc(Cl)c(Cl)c1)c1ccc(F)cc1. The average Bonchev–Trinajstić information content (AvgIpc) is 2.49. The van der Waals surface area contributed by atoms with Crippen molar-refractivity contribution >= 4 is 44.8 Å². The summed E-state index contributed by atoms with van der Waals surface area (Å²) in [7, 11) is -3.57. The van der Waals surface area contributed by atoms with Crippen molar-refractivity contribution in [3.8, 4) is 0 Å². The predicted octanol–water partition coefficient (Wildman–Crippen LogP) is 3.75. The number of benzene rings is 2. The Hall–Kier alpha value is -1.67. The van der Waals surface area contributed by atoms with Crippen LogP contribution in [0.2, 0.25) is 10.0 Å². The summed E-state index contributed by atoms with van der Waals surface area (Å²) in [5, 5.41) is 3.25. The molecule has 0 aliphatic carbocycles. The van der Waals surface area contributed by atoms with Gasteiger partial charge in [-0.25, -0.2) is 17.5 Å². The molecule has 0 radical (unpaired) electrons. The minimum Gasteiger partial charge on any atom is -0.326 e. The van der Waals surface area contributed by atoms with Gasteiger partial charge in [0.15, 0.2) is 0 Å². The molecular formula is C16H15Cl2FN2O3S. The highest BCUT2D eigenvalue weighted by molar-refractivity contribution is 7.88. The second kappa shape index (κ2) is 8.14. The van der Waals surface area contributed by atoms with Gasteiger partial charge in [-0.3, -0.25) is 4.79 Å². The molecule has 2 aromatic rings. The summed E-state index contributed by atoms with van der Waals surface area (Å²) < 4.78 is 38.5. The first-order valence-electron chi connectivity index (χ1n) is 7.12. The summed E-state index contributed by atoms with van der Waals surface area (Å²) >= 11 is 11.7. The number of carbonyl (C=O) groups is 1. The number of carbonyl (C=O) groups excluding carboxylic acids is 1. The third kappa shape index (κ3) is 6.28. The van der Waals surface area contributed by atoms with Gasteiger partial charge in [0.25, 0.3) is 0 Å². The lowest BCUT2D eigenvalue weighted by atomic mass is 10.0. The molecular weight excluding hydrogens is 390 g/mol. The molecule has 9 heteroatoms. The van der Waals surface area contributed by atoms with E-state index in [0.29, 0.717) is 16.3 Å². The van der Waals surface area contributed by atoms with Crippen molar-refractivity contribution in [3.63, 3.8) is 0 Å². The lowest BCUT2D eigenvalue weighted by Gasteiger charge is -2.18. The van der Waals surface area contributed by atoms with Crippen molar-refractivity contribution in [2.24, 2.45) is 0 Å². The van der Waals surface area contributed by atoms with Crippen LogP contribution in [0.1, 0.15) is 18.0 Å². The lowest BCUT2D eigenvalue weighted by Crippen LogP contribution is -2.30. The molecule has 1 unspecified atom stereocenters. The molecule has 1 atom stereocenters. The van der Waals surface area contributed by atoms with Crippen LogP contribution in [0.3, 0.4) is 0 Å². The Labute approximate surface area is 155 Å². The second-order valence-corrected chi connectivity index (χ2v) is 7.97. The smallest absolute Gasteiger partial charge is 0.226 e. The molecule has 0 saturated carbocycles. The Kier molecular flexibility index (Phi) is 6.40. The Bertz CT molecular complexity index is 873. The van der Waals surface area contributed by atoms with Crippen LogP contribution in [0.5, 0.6) is 0 Å². The number of anilines is 1. The monoisotopic (exact) mass is 404 g/mol. The van der Waals surface area contributed by atoms with E-state index in [9.17, 15) is 17.6 Å². The zero-order valence-corrected chi connectivity index (χ0v) is 15.4. The molecule has 134 valence electrons. The Morgan fingerprint density at radius 3 is 2.32 bits per heavy atom. The van der Waals surface area contributed by atoms with E-state index in [1.807, 2.05) is 0 Å². The van der Waals surface area contributed by atoms with E-state index in [4.69, 9.17) is 23.2 Å². The van der Waals surface area contributed by atoms with Crippen LogP contribution in [-0.2, 0) is 14.8 Å². The van der Waals surface area contributed by atoms with Crippen LogP contribution in [-0.4, -0.2) is 20.6 Å². The fourth-order valence-electron chi connectivity index (χ4n) is 2.15. The van der Waals surface area contributed by atoms with E-state index < -0.39 is 27.8 Å². The molecule has 0 aliphatic rings. The third-order valence-corrected chi connectivity index (χ3v) is 4.67. The van der Waals surface area contributed by atoms with Gasteiger partial charge in [-0.2, -0.15) is 0 Å². The lowest BCUT2D eigenvalue weighted by molar-refractivity contribution is -0.116. The largest absolute Gasteiger partial charge is 0.326 e. The number of hydrogen-bond acceptors (Lipinski definition) is 3. The first kappa shape index (κ1) is 19.7. The molecule has 2 rings (SSSR count). The van der Waals surface area contributed by atoms with Crippen LogP contribution in [0, 0.1) is 5.82 Å². The fourth-order valence-corrected chi connectivity index (χ4v) is 3.19. The summed E-state index contributed by atoms with van der Waals surface area (Å²) in [5.74, 6) is -0.897. The zero-order chi connectivity index (χ0) is 18.6. The van der Waals surface area contributed by atoms with Crippen molar-refractivity contribution < 1.29 is 17.6 Å². The molecule has 0 aromatic heterocycles. The van der Waals surface area contributed by atoms with Crippen LogP contribution in [0.25, 0.3) is 0 Å². The number of amides is 1. The molecule has 1 amide bonds. The van der Waals surface area contributed by atoms with E-state index in [2.05, 4.69) is 10.0 Å². The topological polar surface area (TPSA) is 75.3 Å². The third-order valence-electron chi connectivity index (χ3n) is 3.22. The predicted molar refractivity (Wildman–Crippen MR) is 96.8 cm³/mol. The van der Waals surface area contributed by atoms with E-state index in [0.717, 1.165) is 6.26 Å². The van der Waals surface area contributed by atoms with Gasteiger partial charge in [0, 0.05) is 12.1 Å². The Morgan fingerprint density at radius 2 is 1.76 bits per heavy atom. The van der Waals surface area contributed by atoms with E-state index in [1.165, 1.54) is 36.4 Å². The molecule has 0 bridgehead atoms. The van der Waals surface area contributed by atoms with Crippen LogP contribution < -0.4 is 10.0 Å². The summed E-state index contributed by atoms with van der Waals surface area (Å²) in [4.78, 5) is 12.2. The molecule has 5 nitrogen and oxygen atoms in total. The minimum absolute atomic E-state index is 0.182. The quantitative estimate of drug-likeness (QED) is 0.769. The zero-order valence-electron chi connectivity index (χ0n) is 13.1. The summed E-state index contributed by atoms with van der Waals surface area (Å²) in [6.45, 7) is 0. The van der Waals surface area contributed by atoms with Gasteiger partial charge in [0.05, 0.1) is 22.3 Å². The molecule has 0 heterocycles. The molecule has 0 spiro atoms. The van der Waals surface area contributed by atoms with Gasteiger partial charge in [-0.05, 0) is 35.9 Å². The fraction of sp³-hybridized carbons (Fsp3) is 0.188. The van der Waals surface area contributed by atoms with Crippen molar-refractivity contribution in [1.29, 1.82) is 0 Å². The standard InChI is InChI=1S/C16H15Cl2FN2O3S/c1-25(23,24)21-15(10-2-4-11(19)5-3-10)9-16(22)20-12-6-7-13(17)14(18)8-12/h2-8,15,21H,9H2,1H3,(H,20,22). The summed E-state index contributed by atoms with van der Waals surface area (Å²) in [5.41, 5.74) is 0.896. The van der Waals surface area contributed by atoms with Crippen LogP contribution >= 0.6 is 23.2 Å². The first-order valence-corrected chi connectivity index (χ1v) is 9.76. The number of sulfonamides is 1. The minimum atomic E-state index is -3.57. The first-order chi connectivity index (χ1) is 11.6. The number of rotatable bonds is 6. The molecule has 0 fully saturated rings. The second-order valence-electron chi connectivity index (χ2n) is 5.38. The van der Waals surface area contributed by atoms with Gasteiger partial charge in [-0.1, -0.05) is 35.3 Å². The van der Waals surface area contributed by atoms with Gasteiger partial charge in [0.1, 0.15) is 5.82 Å². The molecule has 0 saturated heterocycles. The van der Waals surface area contributed by atoms with Crippen molar-refractivity contribution in [1.82, 2.24) is 4.72 Å². The highest BCUT2D eigenvalue weighted by Gasteiger charge is 2.20. The van der Waals surface area contributed by atoms with Crippen molar-refractivity contribution in [2.75, 3.05) is 11.6 Å². The normalized spacial score (nSPS) is 12.6. The van der Waals surface area contributed by atoms with Crippen LogP contribution in [0.15, 0.2) is 42.5 Å². The summed E-state index contributed by atoms with van der Waals surface area (Å²) in [6, 6.07) is 8.99.